The third-order valence-corrected chi connectivity index (χ3v) is 4.32. The van der Waals surface area contributed by atoms with Crippen molar-refractivity contribution in [1.29, 1.82) is 0 Å². The molecule has 80 valence electrons. The molecule has 1 fully saturated rings. The van der Waals surface area contributed by atoms with Gasteiger partial charge in [0.1, 0.15) is 0 Å². The Morgan fingerprint density at radius 3 is 2.71 bits per heavy atom. The second kappa shape index (κ2) is 4.11. The number of nitrogens with one attached hydrogen (secondary N) is 1. The number of thioether (sulfide) groups is 1. The molecule has 3 nitrogen and oxygen atoms in total. The van der Waals surface area contributed by atoms with E-state index in [2.05, 4.69) is 29.3 Å². The molecule has 0 bridgehead atoms. The zero-order chi connectivity index (χ0) is 10.0. The summed E-state index contributed by atoms with van der Waals surface area (Å²) in [7, 11) is 4.37. The van der Waals surface area contributed by atoms with Crippen molar-refractivity contribution in [2.75, 3.05) is 32.9 Å². The lowest BCUT2D eigenvalue weighted by Crippen LogP contribution is -2.56. The highest BCUT2D eigenvalue weighted by Gasteiger charge is 2.38. The standard InChI is InChI=1S/C10H19N3S/c1-13(2)10(4-3-5-10)8-12-9-11-6-7-14-9/h3-8H2,1-2H3,(H,11,12). The predicted molar refractivity (Wildman–Crippen MR) is 63.0 cm³/mol. The molecule has 1 aliphatic heterocycles. The van der Waals surface area contributed by atoms with Crippen LogP contribution in [-0.2, 0) is 0 Å². The lowest BCUT2D eigenvalue weighted by atomic mass is 9.76. The number of nitrogens with zero attached hydrogens (tertiary/aromatic N) is 2. The Labute approximate surface area is 90.3 Å². The van der Waals surface area contributed by atoms with Gasteiger partial charge in [0, 0.05) is 17.8 Å². The molecular weight excluding hydrogens is 194 g/mol. The average molecular weight is 213 g/mol. The molecule has 2 rings (SSSR count). The van der Waals surface area contributed by atoms with E-state index in [9.17, 15) is 0 Å². The first-order valence-corrected chi connectivity index (χ1v) is 6.30. The van der Waals surface area contributed by atoms with Crippen molar-refractivity contribution >= 4 is 16.9 Å². The highest BCUT2D eigenvalue weighted by Crippen LogP contribution is 2.35. The molecule has 0 unspecified atom stereocenters. The maximum absolute atomic E-state index is 4.41. The van der Waals surface area contributed by atoms with E-state index >= 15 is 0 Å². The molecule has 14 heavy (non-hydrogen) atoms. The minimum absolute atomic E-state index is 0.408. The lowest BCUT2D eigenvalue weighted by Gasteiger charge is -2.47. The first-order chi connectivity index (χ1) is 6.73. The summed E-state index contributed by atoms with van der Waals surface area (Å²) in [5.74, 6) is 1.15. The van der Waals surface area contributed by atoms with Crippen LogP contribution in [0.25, 0.3) is 0 Å². The number of hydrogen-bond donors (Lipinski definition) is 1. The van der Waals surface area contributed by atoms with Gasteiger partial charge in [-0.2, -0.15) is 0 Å². The van der Waals surface area contributed by atoms with Gasteiger partial charge in [-0.3, -0.25) is 4.99 Å². The van der Waals surface area contributed by atoms with Crippen molar-refractivity contribution in [3.05, 3.63) is 0 Å². The van der Waals surface area contributed by atoms with E-state index in [1.807, 2.05) is 11.8 Å². The first-order valence-electron chi connectivity index (χ1n) is 5.31. The van der Waals surface area contributed by atoms with Crippen molar-refractivity contribution in [3.63, 3.8) is 0 Å². The average Bonchev–Trinajstić information content (AvgIpc) is 2.53. The SMILES string of the molecule is CN(C)C1(CNC2=NCCS2)CCC1. The van der Waals surface area contributed by atoms with Gasteiger partial charge in [-0.1, -0.05) is 11.8 Å². The Balaban J connectivity index is 1.83. The molecule has 0 amide bonds. The van der Waals surface area contributed by atoms with Crippen LogP contribution in [-0.4, -0.2) is 48.5 Å². The van der Waals surface area contributed by atoms with Crippen molar-refractivity contribution in [3.8, 4) is 0 Å². The monoisotopic (exact) mass is 213 g/mol. The molecule has 0 saturated heterocycles. The zero-order valence-corrected chi connectivity index (χ0v) is 9.86. The number of amidine groups is 1. The second-order valence-corrected chi connectivity index (χ2v) is 5.44. The fourth-order valence-corrected chi connectivity index (χ4v) is 2.78. The highest BCUT2D eigenvalue weighted by molar-refractivity contribution is 8.14. The van der Waals surface area contributed by atoms with Gasteiger partial charge in [0.25, 0.3) is 0 Å². The molecule has 0 aromatic heterocycles. The topological polar surface area (TPSA) is 27.6 Å². The van der Waals surface area contributed by atoms with Crippen molar-refractivity contribution in [2.45, 2.75) is 24.8 Å². The van der Waals surface area contributed by atoms with E-state index in [1.54, 1.807) is 0 Å². The maximum Gasteiger partial charge on any atom is 0.156 e. The summed E-state index contributed by atoms with van der Waals surface area (Å²) in [6.45, 7) is 2.05. The Morgan fingerprint density at radius 1 is 1.50 bits per heavy atom. The third kappa shape index (κ3) is 1.91. The summed E-state index contributed by atoms with van der Waals surface area (Å²) >= 11 is 1.85. The van der Waals surface area contributed by atoms with E-state index in [4.69, 9.17) is 0 Å². The molecule has 1 N–H and O–H groups in total. The van der Waals surface area contributed by atoms with Crippen molar-refractivity contribution < 1.29 is 0 Å². The molecule has 4 heteroatoms. The van der Waals surface area contributed by atoms with Crippen LogP contribution in [0, 0.1) is 0 Å². The van der Waals surface area contributed by atoms with Crippen LogP contribution in [0.1, 0.15) is 19.3 Å². The molecular formula is C10H19N3S. The number of aliphatic imine (C=N–C) groups is 1. The van der Waals surface area contributed by atoms with E-state index < -0.39 is 0 Å². The summed E-state index contributed by atoms with van der Waals surface area (Å²) in [4.78, 5) is 6.77. The Kier molecular flexibility index (Phi) is 3.02. The molecule has 0 aromatic rings. The van der Waals surface area contributed by atoms with Crippen LogP contribution >= 0.6 is 11.8 Å². The van der Waals surface area contributed by atoms with Crippen LogP contribution in [0.2, 0.25) is 0 Å². The maximum atomic E-state index is 4.41. The number of likely N-dealkylation sites (N-methyl/N-ethyl adjacent to an activating group) is 1. The largest absolute Gasteiger partial charge is 0.363 e. The third-order valence-electron chi connectivity index (χ3n) is 3.39. The number of hydrogen-bond acceptors (Lipinski definition) is 4. The normalized spacial score (nSPS) is 24.6. The summed E-state index contributed by atoms with van der Waals surface area (Å²) in [5, 5.41) is 4.63. The van der Waals surface area contributed by atoms with Gasteiger partial charge in [0.2, 0.25) is 0 Å². The molecule has 0 spiro atoms. The Hall–Kier alpha value is -0.220. The summed E-state index contributed by atoms with van der Waals surface area (Å²) in [6, 6.07) is 0. The van der Waals surface area contributed by atoms with Crippen LogP contribution in [0.15, 0.2) is 4.99 Å². The molecule has 0 aromatic carbocycles. The van der Waals surface area contributed by atoms with Crippen LogP contribution in [0.4, 0.5) is 0 Å². The quantitative estimate of drug-likeness (QED) is 0.762. The predicted octanol–water partition coefficient (Wildman–Crippen LogP) is 1.16. The molecule has 1 heterocycles. The molecule has 1 saturated carbocycles. The van der Waals surface area contributed by atoms with Crippen molar-refractivity contribution in [1.82, 2.24) is 10.2 Å². The van der Waals surface area contributed by atoms with Crippen LogP contribution in [0.5, 0.6) is 0 Å². The summed E-state index contributed by atoms with van der Waals surface area (Å²) in [6.07, 6.45) is 4.02. The van der Waals surface area contributed by atoms with E-state index in [-0.39, 0.29) is 0 Å². The molecule has 2 aliphatic rings. The minimum atomic E-state index is 0.408. The van der Waals surface area contributed by atoms with Gasteiger partial charge in [0.05, 0.1) is 6.54 Å². The van der Waals surface area contributed by atoms with Gasteiger partial charge >= 0.3 is 0 Å². The van der Waals surface area contributed by atoms with Gasteiger partial charge < -0.3 is 10.2 Å². The van der Waals surface area contributed by atoms with Crippen LogP contribution in [0.3, 0.4) is 0 Å². The van der Waals surface area contributed by atoms with Gasteiger partial charge in [0.15, 0.2) is 5.17 Å². The van der Waals surface area contributed by atoms with E-state index in [1.165, 1.54) is 19.3 Å². The van der Waals surface area contributed by atoms with Crippen molar-refractivity contribution in [2.24, 2.45) is 4.99 Å². The number of rotatable bonds is 3. The molecule has 0 atom stereocenters. The summed E-state index contributed by atoms with van der Waals surface area (Å²) in [5.41, 5.74) is 0.408. The zero-order valence-electron chi connectivity index (χ0n) is 9.05. The fraction of sp³-hybridized carbons (Fsp3) is 0.900. The molecule has 0 radical (unpaired) electrons. The van der Waals surface area contributed by atoms with E-state index in [0.29, 0.717) is 5.54 Å². The van der Waals surface area contributed by atoms with Gasteiger partial charge in [-0.25, -0.2) is 0 Å². The lowest BCUT2D eigenvalue weighted by molar-refractivity contribution is 0.0651. The molecule has 1 aliphatic carbocycles. The minimum Gasteiger partial charge on any atom is -0.363 e. The van der Waals surface area contributed by atoms with E-state index in [0.717, 1.165) is 24.0 Å². The van der Waals surface area contributed by atoms with Crippen LogP contribution < -0.4 is 5.32 Å². The second-order valence-electron chi connectivity index (χ2n) is 4.36. The first kappa shape index (κ1) is 10.3. The highest BCUT2D eigenvalue weighted by atomic mass is 32.2. The Bertz CT molecular complexity index is 234. The fourth-order valence-electron chi connectivity index (χ4n) is 2.05. The van der Waals surface area contributed by atoms with Gasteiger partial charge in [-0.05, 0) is 33.4 Å². The summed E-state index contributed by atoms with van der Waals surface area (Å²) < 4.78 is 0. The van der Waals surface area contributed by atoms with Gasteiger partial charge in [-0.15, -0.1) is 0 Å². The smallest absolute Gasteiger partial charge is 0.156 e. The Morgan fingerprint density at radius 2 is 2.29 bits per heavy atom.